The van der Waals surface area contributed by atoms with Crippen molar-refractivity contribution in [2.45, 2.75) is 32.7 Å². The van der Waals surface area contributed by atoms with E-state index in [2.05, 4.69) is 4.90 Å². The maximum atomic E-state index is 13.5. The van der Waals surface area contributed by atoms with Crippen LogP contribution >= 0.6 is 0 Å². The number of aryl methyl sites for hydroxylation is 2. The summed E-state index contributed by atoms with van der Waals surface area (Å²) < 4.78 is 5.34. The Morgan fingerprint density at radius 2 is 1.56 bits per heavy atom. The molecule has 6 nitrogen and oxygen atoms in total. The molecule has 1 amide bonds. The van der Waals surface area contributed by atoms with E-state index in [9.17, 15) is 14.7 Å². The second-order valence-corrected chi connectivity index (χ2v) is 9.42. The Hall–Kier alpha value is -4.06. The van der Waals surface area contributed by atoms with Crippen molar-refractivity contribution in [2.75, 3.05) is 30.0 Å². The van der Waals surface area contributed by atoms with Gasteiger partial charge in [0.2, 0.25) is 0 Å². The lowest BCUT2D eigenvalue weighted by atomic mass is 9.92. The van der Waals surface area contributed by atoms with Gasteiger partial charge in [-0.2, -0.15) is 0 Å². The van der Waals surface area contributed by atoms with Gasteiger partial charge in [0.05, 0.1) is 18.7 Å². The van der Waals surface area contributed by atoms with Crippen LogP contribution in [0.4, 0.5) is 11.4 Å². The van der Waals surface area contributed by atoms with Gasteiger partial charge in [-0.25, -0.2) is 0 Å². The number of nitrogens with zero attached hydrogens (tertiary/aromatic N) is 2. The summed E-state index contributed by atoms with van der Waals surface area (Å²) >= 11 is 0. The number of methoxy groups -OCH3 is 1. The highest BCUT2D eigenvalue weighted by molar-refractivity contribution is 6.51. The number of hydrogen-bond donors (Lipinski definition) is 1. The fourth-order valence-corrected chi connectivity index (χ4v) is 5.27. The molecule has 0 spiro atoms. The van der Waals surface area contributed by atoms with Crippen molar-refractivity contribution in [3.63, 3.8) is 0 Å². The maximum Gasteiger partial charge on any atom is 0.300 e. The van der Waals surface area contributed by atoms with E-state index in [-0.39, 0.29) is 11.3 Å². The highest BCUT2D eigenvalue weighted by atomic mass is 16.5. The molecule has 0 aliphatic carbocycles. The molecule has 0 aromatic heterocycles. The van der Waals surface area contributed by atoms with Gasteiger partial charge < -0.3 is 14.7 Å². The highest BCUT2D eigenvalue weighted by Gasteiger charge is 2.47. The third-order valence-corrected chi connectivity index (χ3v) is 7.19. The van der Waals surface area contributed by atoms with E-state index in [0.29, 0.717) is 17.0 Å². The summed E-state index contributed by atoms with van der Waals surface area (Å²) in [5.74, 6) is -0.856. The van der Waals surface area contributed by atoms with Gasteiger partial charge in [-0.15, -0.1) is 0 Å². The number of aliphatic hydroxyl groups is 1. The van der Waals surface area contributed by atoms with E-state index in [1.54, 1.807) is 25.3 Å². The van der Waals surface area contributed by atoms with Crippen LogP contribution in [-0.4, -0.2) is 37.0 Å². The van der Waals surface area contributed by atoms with E-state index >= 15 is 0 Å². The number of anilines is 2. The van der Waals surface area contributed by atoms with Crippen molar-refractivity contribution in [3.8, 4) is 5.75 Å². The fourth-order valence-electron chi connectivity index (χ4n) is 5.27. The minimum Gasteiger partial charge on any atom is -0.507 e. The van der Waals surface area contributed by atoms with E-state index in [0.717, 1.165) is 35.5 Å². The molecule has 184 valence electrons. The summed E-state index contributed by atoms with van der Waals surface area (Å²) in [4.78, 5) is 30.7. The zero-order valence-corrected chi connectivity index (χ0v) is 20.8. The molecule has 0 saturated carbocycles. The molecule has 2 heterocycles. The average Bonchev–Trinajstić information content (AvgIpc) is 3.51. The molecular formula is C30H30N2O4. The summed E-state index contributed by atoms with van der Waals surface area (Å²) in [5, 5.41) is 11.4. The van der Waals surface area contributed by atoms with Crippen molar-refractivity contribution in [1.82, 2.24) is 0 Å². The number of aliphatic hydroxyl groups excluding tert-OH is 1. The molecular weight excluding hydrogens is 452 g/mol. The Morgan fingerprint density at radius 1 is 0.889 bits per heavy atom. The minimum atomic E-state index is -0.744. The maximum absolute atomic E-state index is 13.5. The molecule has 3 aromatic rings. The first kappa shape index (κ1) is 23.7. The zero-order chi connectivity index (χ0) is 25.4. The van der Waals surface area contributed by atoms with Crippen molar-refractivity contribution >= 4 is 28.8 Å². The van der Waals surface area contributed by atoms with Gasteiger partial charge in [0.1, 0.15) is 11.5 Å². The zero-order valence-electron chi connectivity index (χ0n) is 20.8. The van der Waals surface area contributed by atoms with E-state index < -0.39 is 17.7 Å². The Labute approximate surface area is 211 Å². The van der Waals surface area contributed by atoms with Crippen LogP contribution in [0.2, 0.25) is 0 Å². The van der Waals surface area contributed by atoms with Gasteiger partial charge in [0.15, 0.2) is 0 Å². The number of rotatable bonds is 5. The lowest BCUT2D eigenvalue weighted by Crippen LogP contribution is -2.29. The summed E-state index contributed by atoms with van der Waals surface area (Å²) in [6, 6.07) is 19.9. The number of ketones is 1. The lowest BCUT2D eigenvalue weighted by molar-refractivity contribution is -0.132. The van der Waals surface area contributed by atoms with Crippen molar-refractivity contribution < 1.29 is 19.4 Å². The predicted octanol–water partition coefficient (Wildman–Crippen LogP) is 5.54. The van der Waals surface area contributed by atoms with Crippen LogP contribution in [0.5, 0.6) is 5.75 Å². The quantitative estimate of drug-likeness (QED) is 0.294. The van der Waals surface area contributed by atoms with Gasteiger partial charge >= 0.3 is 0 Å². The second kappa shape index (κ2) is 9.53. The Balaban J connectivity index is 1.64. The first-order valence-corrected chi connectivity index (χ1v) is 12.3. The van der Waals surface area contributed by atoms with Crippen molar-refractivity contribution in [1.29, 1.82) is 0 Å². The molecule has 5 rings (SSSR count). The number of ether oxygens (including phenoxy) is 1. The molecule has 1 N–H and O–H groups in total. The fraction of sp³-hybridized carbons (Fsp3) is 0.267. The van der Waals surface area contributed by atoms with Gasteiger partial charge in [-0.3, -0.25) is 14.5 Å². The van der Waals surface area contributed by atoms with Crippen LogP contribution in [0.15, 0.2) is 72.3 Å². The van der Waals surface area contributed by atoms with Crippen molar-refractivity contribution in [3.05, 3.63) is 94.6 Å². The number of Topliss-reactive ketones (excluding diaryl/α,β-unsaturated/α-hetero) is 1. The standard InChI is InChI=1S/C30H30N2O4/c1-19-8-4-5-9-24(19)27-26(28(33)21-10-15-25(36-3)20(2)18-21)29(34)30(35)32(27)23-13-11-22(12-14-23)31-16-6-7-17-31/h4-5,8-15,18,27,33H,6-7,16-17H2,1-3H3/b28-26+. The van der Waals surface area contributed by atoms with Crippen LogP contribution < -0.4 is 14.5 Å². The van der Waals surface area contributed by atoms with E-state index in [1.165, 1.54) is 17.7 Å². The van der Waals surface area contributed by atoms with Gasteiger partial charge in [0, 0.05) is 30.0 Å². The summed E-state index contributed by atoms with van der Waals surface area (Å²) in [5.41, 5.74) is 4.83. The van der Waals surface area contributed by atoms with E-state index in [4.69, 9.17) is 4.74 Å². The monoisotopic (exact) mass is 482 g/mol. The molecule has 2 aliphatic rings. The normalized spacial score (nSPS) is 19.2. The third-order valence-electron chi connectivity index (χ3n) is 7.19. The smallest absolute Gasteiger partial charge is 0.300 e. The van der Waals surface area contributed by atoms with E-state index in [1.807, 2.05) is 62.4 Å². The average molecular weight is 483 g/mol. The van der Waals surface area contributed by atoms with Gasteiger partial charge in [-0.05, 0) is 85.8 Å². The predicted molar refractivity (Wildman–Crippen MR) is 142 cm³/mol. The Kier molecular flexibility index (Phi) is 6.27. The molecule has 2 fully saturated rings. The number of hydrogen-bond acceptors (Lipinski definition) is 5. The summed E-state index contributed by atoms with van der Waals surface area (Å²) in [6.45, 7) is 5.86. The SMILES string of the molecule is COc1ccc(/C(O)=C2\C(=O)C(=O)N(c3ccc(N4CCCC4)cc3)C2c2ccccc2C)cc1C. The highest BCUT2D eigenvalue weighted by Crippen LogP contribution is 2.43. The number of carbonyl (C=O) groups is 2. The van der Waals surface area contributed by atoms with Crippen LogP contribution in [0.3, 0.4) is 0 Å². The van der Waals surface area contributed by atoms with Crippen LogP contribution in [0, 0.1) is 13.8 Å². The van der Waals surface area contributed by atoms with Gasteiger partial charge in [0.25, 0.3) is 11.7 Å². The molecule has 2 saturated heterocycles. The molecule has 6 heteroatoms. The topological polar surface area (TPSA) is 70.1 Å². The molecule has 1 unspecified atom stereocenters. The lowest BCUT2D eigenvalue weighted by Gasteiger charge is -2.27. The molecule has 0 bridgehead atoms. The Bertz CT molecular complexity index is 1350. The molecule has 36 heavy (non-hydrogen) atoms. The second-order valence-electron chi connectivity index (χ2n) is 9.42. The summed E-state index contributed by atoms with van der Waals surface area (Å²) in [6.07, 6.45) is 2.35. The molecule has 1 atom stereocenters. The summed E-state index contributed by atoms with van der Waals surface area (Å²) in [7, 11) is 1.58. The minimum absolute atomic E-state index is 0.0856. The van der Waals surface area contributed by atoms with Crippen LogP contribution in [0.1, 0.15) is 41.1 Å². The number of carbonyl (C=O) groups excluding carboxylic acids is 2. The van der Waals surface area contributed by atoms with Gasteiger partial charge in [-0.1, -0.05) is 24.3 Å². The van der Waals surface area contributed by atoms with Crippen LogP contribution in [0.25, 0.3) is 5.76 Å². The largest absolute Gasteiger partial charge is 0.507 e. The molecule has 3 aromatic carbocycles. The number of amides is 1. The van der Waals surface area contributed by atoms with Crippen molar-refractivity contribution in [2.24, 2.45) is 0 Å². The van der Waals surface area contributed by atoms with Crippen LogP contribution in [-0.2, 0) is 9.59 Å². The third kappa shape index (κ3) is 4.02. The first-order chi connectivity index (χ1) is 17.4. The molecule has 0 radical (unpaired) electrons. The number of benzene rings is 3. The molecule has 2 aliphatic heterocycles. The Morgan fingerprint density at radius 3 is 2.19 bits per heavy atom. The first-order valence-electron chi connectivity index (χ1n) is 12.3.